The molecule has 0 saturated heterocycles. The number of fused-ring (bicyclic) bond motifs is 1. The smallest absolute Gasteiger partial charge is 0.126 e. The van der Waals surface area contributed by atoms with Crippen LogP contribution in [0.15, 0.2) is 60.7 Å². The zero-order chi connectivity index (χ0) is 16.1. The van der Waals surface area contributed by atoms with Gasteiger partial charge in [-0.05, 0) is 48.0 Å². The van der Waals surface area contributed by atoms with Gasteiger partial charge >= 0.3 is 0 Å². The SMILES string of the molecule is COc1ccc(CCNCc2ccccc2C)c2ccccc12. The minimum atomic E-state index is 0.917. The summed E-state index contributed by atoms with van der Waals surface area (Å²) >= 11 is 0. The largest absolute Gasteiger partial charge is 0.496 e. The number of ether oxygens (including phenoxy) is 1. The Hall–Kier alpha value is -2.32. The summed E-state index contributed by atoms with van der Waals surface area (Å²) in [6, 6.07) is 21.2. The highest BCUT2D eigenvalue weighted by atomic mass is 16.5. The van der Waals surface area contributed by atoms with Crippen molar-refractivity contribution in [1.82, 2.24) is 5.32 Å². The van der Waals surface area contributed by atoms with Gasteiger partial charge in [0.15, 0.2) is 0 Å². The summed E-state index contributed by atoms with van der Waals surface area (Å²) in [5.41, 5.74) is 4.07. The first-order valence-electron chi connectivity index (χ1n) is 8.09. The van der Waals surface area contributed by atoms with Gasteiger partial charge in [-0.1, -0.05) is 54.6 Å². The number of rotatable bonds is 6. The molecule has 0 aliphatic rings. The number of methoxy groups -OCH3 is 1. The zero-order valence-corrected chi connectivity index (χ0v) is 13.8. The van der Waals surface area contributed by atoms with Crippen molar-refractivity contribution in [2.24, 2.45) is 0 Å². The van der Waals surface area contributed by atoms with Gasteiger partial charge in [-0.25, -0.2) is 0 Å². The molecular formula is C21H23NO. The van der Waals surface area contributed by atoms with Crippen molar-refractivity contribution < 1.29 is 4.74 Å². The fraction of sp³-hybridized carbons (Fsp3) is 0.238. The van der Waals surface area contributed by atoms with Crippen LogP contribution in [0.25, 0.3) is 10.8 Å². The summed E-state index contributed by atoms with van der Waals surface area (Å²) in [7, 11) is 1.73. The van der Waals surface area contributed by atoms with E-state index in [4.69, 9.17) is 4.74 Å². The van der Waals surface area contributed by atoms with Crippen molar-refractivity contribution in [3.63, 3.8) is 0 Å². The molecule has 118 valence electrons. The molecule has 1 N–H and O–H groups in total. The molecule has 0 heterocycles. The summed E-state index contributed by atoms with van der Waals surface area (Å²) in [4.78, 5) is 0. The Balaban J connectivity index is 1.67. The van der Waals surface area contributed by atoms with E-state index >= 15 is 0 Å². The first-order valence-corrected chi connectivity index (χ1v) is 8.09. The van der Waals surface area contributed by atoms with Crippen LogP contribution in [0.3, 0.4) is 0 Å². The predicted octanol–water partition coefficient (Wildman–Crippen LogP) is 4.49. The Bertz CT molecular complexity index is 795. The van der Waals surface area contributed by atoms with Crippen molar-refractivity contribution >= 4 is 10.8 Å². The Morgan fingerprint density at radius 2 is 1.57 bits per heavy atom. The molecule has 0 amide bonds. The van der Waals surface area contributed by atoms with E-state index in [2.05, 4.69) is 72.9 Å². The standard InChI is InChI=1S/C21H23NO/c1-16-7-3-4-8-18(16)15-22-14-13-17-11-12-21(23-2)20-10-6-5-9-19(17)20/h3-12,22H,13-15H2,1-2H3. The number of nitrogens with one attached hydrogen (secondary N) is 1. The van der Waals surface area contributed by atoms with Gasteiger partial charge in [0.1, 0.15) is 5.75 Å². The van der Waals surface area contributed by atoms with Crippen molar-refractivity contribution in [2.45, 2.75) is 19.9 Å². The monoisotopic (exact) mass is 305 g/mol. The molecule has 0 radical (unpaired) electrons. The summed E-state index contributed by atoms with van der Waals surface area (Å²) in [5.74, 6) is 0.942. The molecule has 0 aliphatic heterocycles. The van der Waals surface area contributed by atoms with E-state index in [-0.39, 0.29) is 0 Å². The third kappa shape index (κ3) is 3.54. The number of benzene rings is 3. The first kappa shape index (κ1) is 15.6. The van der Waals surface area contributed by atoms with Crippen molar-refractivity contribution in [2.75, 3.05) is 13.7 Å². The predicted molar refractivity (Wildman–Crippen MR) is 97.1 cm³/mol. The minimum Gasteiger partial charge on any atom is -0.496 e. The molecule has 0 aliphatic carbocycles. The maximum atomic E-state index is 5.46. The fourth-order valence-electron chi connectivity index (χ4n) is 2.98. The zero-order valence-electron chi connectivity index (χ0n) is 13.8. The lowest BCUT2D eigenvalue weighted by molar-refractivity contribution is 0.419. The highest BCUT2D eigenvalue weighted by Gasteiger charge is 2.05. The van der Waals surface area contributed by atoms with E-state index < -0.39 is 0 Å². The molecule has 0 bridgehead atoms. The van der Waals surface area contributed by atoms with E-state index in [1.807, 2.05) is 0 Å². The Kier molecular flexibility index (Phi) is 4.94. The topological polar surface area (TPSA) is 21.3 Å². The molecule has 0 spiro atoms. The normalized spacial score (nSPS) is 10.9. The van der Waals surface area contributed by atoms with Gasteiger partial charge in [0.2, 0.25) is 0 Å². The molecule has 0 atom stereocenters. The van der Waals surface area contributed by atoms with Crippen LogP contribution in [0.2, 0.25) is 0 Å². The minimum absolute atomic E-state index is 0.917. The highest BCUT2D eigenvalue weighted by Crippen LogP contribution is 2.28. The van der Waals surface area contributed by atoms with Crippen LogP contribution in [0, 0.1) is 6.92 Å². The van der Waals surface area contributed by atoms with E-state index in [0.29, 0.717) is 0 Å². The van der Waals surface area contributed by atoms with Gasteiger partial charge < -0.3 is 10.1 Å². The average molecular weight is 305 g/mol. The lowest BCUT2D eigenvalue weighted by Crippen LogP contribution is -2.17. The molecule has 0 unspecified atom stereocenters. The molecule has 3 aromatic carbocycles. The van der Waals surface area contributed by atoms with Gasteiger partial charge in [0.05, 0.1) is 7.11 Å². The summed E-state index contributed by atoms with van der Waals surface area (Å²) in [6.07, 6.45) is 1.01. The maximum Gasteiger partial charge on any atom is 0.126 e. The lowest BCUT2D eigenvalue weighted by Gasteiger charge is -2.11. The van der Waals surface area contributed by atoms with Crippen LogP contribution in [0.1, 0.15) is 16.7 Å². The van der Waals surface area contributed by atoms with Crippen LogP contribution in [-0.4, -0.2) is 13.7 Å². The maximum absolute atomic E-state index is 5.46. The number of hydrogen-bond acceptors (Lipinski definition) is 2. The molecule has 3 aromatic rings. The van der Waals surface area contributed by atoms with Crippen LogP contribution >= 0.6 is 0 Å². The van der Waals surface area contributed by atoms with Gasteiger partial charge in [0.25, 0.3) is 0 Å². The summed E-state index contributed by atoms with van der Waals surface area (Å²) in [6.45, 7) is 4.04. The Morgan fingerprint density at radius 3 is 2.35 bits per heavy atom. The average Bonchev–Trinajstić information content (AvgIpc) is 2.60. The van der Waals surface area contributed by atoms with E-state index in [9.17, 15) is 0 Å². The third-order valence-electron chi connectivity index (χ3n) is 4.34. The van der Waals surface area contributed by atoms with Crippen LogP contribution in [0.4, 0.5) is 0 Å². The lowest BCUT2D eigenvalue weighted by atomic mass is 10.0. The van der Waals surface area contributed by atoms with Crippen molar-refractivity contribution in [3.8, 4) is 5.75 Å². The first-order chi connectivity index (χ1) is 11.3. The van der Waals surface area contributed by atoms with E-state index in [1.165, 1.54) is 27.5 Å². The molecule has 23 heavy (non-hydrogen) atoms. The fourth-order valence-corrected chi connectivity index (χ4v) is 2.98. The molecule has 2 heteroatoms. The van der Waals surface area contributed by atoms with Gasteiger partial charge in [-0.15, -0.1) is 0 Å². The van der Waals surface area contributed by atoms with E-state index in [0.717, 1.165) is 25.3 Å². The van der Waals surface area contributed by atoms with Crippen molar-refractivity contribution in [3.05, 3.63) is 77.4 Å². The molecule has 0 aromatic heterocycles. The Morgan fingerprint density at radius 1 is 0.826 bits per heavy atom. The third-order valence-corrected chi connectivity index (χ3v) is 4.34. The van der Waals surface area contributed by atoms with Crippen molar-refractivity contribution in [1.29, 1.82) is 0 Å². The second-order valence-electron chi connectivity index (χ2n) is 5.83. The number of hydrogen-bond donors (Lipinski definition) is 1. The molecule has 0 fully saturated rings. The van der Waals surface area contributed by atoms with Gasteiger partial charge in [0, 0.05) is 11.9 Å². The highest BCUT2D eigenvalue weighted by molar-refractivity contribution is 5.91. The molecular weight excluding hydrogens is 282 g/mol. The van der Waals surface area contributed by atoms with Crippen LogP contribution in [-0.2, 0) is 13.0 Å². The quantitative estimate of drug-likeness (QED) is 0.678. The molecule has 2 nitrogen and oxygen atoms in total. The van der Waals surface area contributed by atoms with Crippen LogP contribution < -0.4 is 10.1 Å². The number of aryl methyl sites for hydroxylation is 1. The Labute approximate surface area is 138 Å². The summed E-state index contributed by atoms with van der Waals surface area (Å²) in [5, 5.41) is 6.02. The van der Waals surface area contributed by atoms with Gasteiger partial charge in [-0.3, -0.25) is 0 Å². The second kappa shape index (κ2) is 7.30. The molecule has 0 saturated carbocycles. The second-order valence-corrected chi connectivity index (χ2v) is 5.83. The van der Waals surface area contributed by atoms with Gasteiger partial charge in [-0.2, -0.15) is 0 Å². The van der Waals surface area contributed by atoms with E-state index in [1.54, 1.807) is 7.11 Å². The van der Waals surface area contributed by atoms with Crippen LogP contribution in [0.5, 0.6) is 5.75 Å². The molecule has 3 rings (SSSR count). The summed E-state index contributed by atoms with van der Waals surface area (Å²) < 4.78 is 5.46.